The number of anilines is 2. The van der Waals surface area contributed by atoms with Crippen molar-refractivity contribution in [3.8, 4) is 6.07 Å². The minimum atomic E-state index is -0.0614. The highest BCUT2D eigenvalue weighted by Gasteiger charge is 2.21. The van der Waals surface area contributed by atoms with Crippen LogP contribution in [0.25, 0.3) is 0 Å². The molecule has 1 aliphatic heterocycles. The second kappa shape index (κ2) is 7.27. The molecule has 128 valence electrons. The van der Waals surface area contributed by atoms with Gasteiger partial charge in [-0.05, 0) is 55.3 Å². The third-order valence-electron chi connectivity index (χ3n) is 4.67. The van der Waals surface area contributed by atoms with Crippen LogP contribution < -0.4 is 10.2 Å². The van der Waals surface area contributed by atoms with Crippen molar-refractivity contribution in [2.75, 3.05) is 36.4 Å². The SMILES string of the molecule is Cc1ccc(NC(=O)N2CCN(c3cccc(C#N)c3)CC2)cc1C. The molecule has 0 radical (unpaired) electrons. The standard InChI is InChI=1S/C20H22N4O/c1-15-6-7-18(12-16(15)2)22-20(25)24-10-8-23(9-11-24)19-5-3-4-17(13-19)14-21/h3-7,12-13H,8-11H2,1-2H3,(H,22,25). The van der Waals surface area contributed by atoms with Gasteiger partial charge >= 0.3 is 6.03 Å². The molecule has 0 aromatic heterocycles. The average Bonchev–Trinajstić information content (AvgIpc) is 2.65. The van der Waals surface area contributed by atoms with E-state index in [9.17, 15) is 4.79 Å². The van der Waals surface area contributed by atoms with E-state index in [1.165, 1.54) is 11.1 Å². The minimum absolute atomic E-state index is 0.0614. The molecule has 1 fully saturated rings. The zero-order valence-electron chi connectivity index (χ0n) is 14.6. The summed E-state index contributed by atoms with van der Waals surface area (Å²) in [7, 11) is 0. The van der Waals surface area contributed by atoms with Gasteiger partial charge in [-0.1, -0.05) is 12.1 Å². The summed E-state index contributed by atoms with van der Waals surface area (Å²) >= 11 is 0. The van der Waals surface area contributed by atoms with Crippen LogP contribution in [0.4, 0.5) is 16.2 Å². The van der Waals surface area contributed by atoms with Gasteiger partial charge in [-0.3, -0.25) is 0 Å². The van der Waals surface area contributed by atoms with Crippen molar-refractivity contribution in [3.63, 3.8) is 0 Å². The summed E-state index contributed by atoms with van der Waals surface area (Å²) in [6.07, 6.45) is 0. The van der Waals surface area contributed by atoms with Crippen LogP contribution in [-0.4, -0.2) is 37.1 Å². The lowest BCUT2D eigenvalue weighted by molar-refractivity contribution is 0.208. The Hall–Kier alpha value is -3.00. The number of nitrogens with one attached hydrogen (secondary N) is 1. The Morgan fingerprint density at radius 3 is 2.48 bits per heavy atom. The summed E-state index contributed by atoms with van der Waals surface area (Å²) in [6, 6.07) is 15.7. The maximum atomic E-state index is 12.5. The van der Waals surface area contributed by atoms with Gasteiger partial charge in [0, 0.05) is 37.6 Å². The molecule has 0 bridgehead atoms. The predicted octanol–water partition coefficient (Wildman–Crippen LogP) is 3.53. The third-order valence-corrected chi connectivity index (χ3v) is 4.67. The first-order valence-corrected chi connectivity index (χ1v) is 8.45. The number of rotatable bonds is 2. The number of aryl methyl sites for hydroxylation is 2. The lowest BCUT2D eigenvalue weighted by Gasteiger charge is -2.36. The quantitative estimate of drug-likeness (QED) is 0.914. The molecule has 1 saturated heterocycles. The molecule has 5 nitrogen and oxygen atoms in total. The molecule has 0 spiro atoms. The molecule has 5 heteroatoms. The van der Waals surface area contributed by atoms with E-state index in [-0.39, 0.29) is 6.03 Å². The molecule has 0 unspecified atom stereocenters. The molecule has 2 amide bonds. The van der Waals surface area contributed by atoms with Gasteiger partial charge in [0.2, 0.25) is 0 Å². The summed E-state index contributed by atoms with van der Waals surface area (Å²) in [5, 5.41) is 12.0. The molecule has 0 saturated carbocycles. The molecule has 2 aromatic rings. The molecule has 1 heterocycles. The lowest BCUT2D eigenvalue weighted by atomic mass is 10.1. The van der Waals surface area contributed by atoms with Crippen molar-refractivity contribution in [2.45, 2.75) is 13.8 Å². The van der Waals surface area contributed by atoms with E-state index >= 15 is 0 Å². The van der Waals surface area contributed by atoms with Crippen LogP contribution in [0.15, 0.2) is 42.5 Å². The van der Waals surface area contributed by atoms with Gasteiger partial charge in [0.25, 0.3) is 0 Å². The van der Waals surface area contributed by atoms with Crippen LogP contribution in [0, 0.1) is 25.2 Å². The summed E-state index contributed by atoms with van der Waals surface area (Å²) in [5.74, 6) is 0. The molecule has 25 heavy (non-hydrogen) atoms. The fourth-order valence-corrected chi connectivity index (χ4v) is 2.96. The van der Waals surface area contributed by atoms with Crippen molar-refractivity contribution in [3.05, 3.63) is 59.2 Å². The molecular formula is C20H22N4O. The highest BCUT2D eigenvalue weighted by molar-refractivity contribution is 5.89. The normalized spacial score (nSPS) is 14.1. The predicted molar refractivity (Wildman–Crippen MR) is 99.9 cm³/mol. The van der Waals surface area contributed by atoms with Crippen LogP contribution in [0.2, 0.25) is 0 Å². The highest BCUT2D eigenvalue weighted by atomic mass is 16.2. The molecule has 3 rings (SSSR count). The smallest absolute Gasteiger partial charge is 0.321 e. The molecule has 0 aliphatic carbocycles. The lowest BCUT2D eigenvalue weighted by Crippen LogP contribution is -2.50. The van der Waals surface area contributed by atoms with Gasteiger partial charge in [-0.25, -0.2) is 4.79 Å². The van der Waals surface area contributed by atoms with Crippen LogP contribution in [0.5, 0.6) is 0 Å². The van der Waals surface area contributed by atoms with E-state index in [4.69, 9.17) is 5.26 Å². The maximum Gasteiger partial charge on any atom is 0.321 e. The fraction of sp³-hybridized carbons (Fsp3) is 0.300. The van der Waals surface area contributed by atoms with Gasteiger partial charge < -0.3 is 15.1 Å². The van der Waals surface area contributed by atoms with Crippen LogP contribution in [0.3, 0.4) is 0 Å². The zero-order valence-corrected chi connectivity index (χ0v) is 14.6. The average molecular weight is 334 g/mol. The number of hydrogen-bond donors (Lipinski definition) is 1. The Kier molecular flexibility index (Phi) is 4.90. The summed E-state index contributed by atoms with van der Waals surface area (Å²) in [4.78, 5) is 16.5. The number of benzene rings is 2. The Morgan fingerprint density at radius 1 is 1.04 bits per heavy atom. The van der Waals surface area contributed by atoms with Gasteiger partial charge in [-0.15, -0.1) is 0 Å². The van der Waals surface area contributed by atoms with Gasteiger partial charge in [-0.2, -0.15) is 5.26 Å². The number of urea groups is 1. The highest BCUT2D eigenvalue weighted by Crippen LogP contribution is 2.19. The number of amides is 2. The molecule has 1 aliphatic rings. The second-order valence-corrected chi connectivity index (χ2v) is 6.37. The number of nitriles is 1. The van der Waals surface area contributed by atoms with E-state index < -0.39 is 0 Å². The minimum Gasteiger partial charge on any atom is -0.368 e. The molecule has 2 aromatic carbocycles. The molecule has 1 N–H and O–H groups in total. The molecule has 0 atom stereocenters. The van der Waals surface area contributed by atoms with Gasteiger partial charge in [0.1, 0.15) is 0 Å². The number of nitrogens with zero attached hydrogens (tertiary/aromatic N) is 3. The van der Waals surface area contributed by atoms with E-state index in [1.54, 1.807) is 6.07 Å². The van der Waals surface area contributed by atoms with Gasteiger partial charge in [0.05, 0.1) is 11.6 Å². The van der Waals surface area contributed by atoms with E-state index in [1.807, 2.05) is 48.2 Å². The van der Waals surface area contributed by atoms with Crippen molar-refractivity contribution in [1.82, 2.24) is 4.90 Å². The third kappa shape index (κ3) is 3.92. The first-order chi connectivity index (χ1) is 12.1. The number of carbonyl (C=O) groups is 1. The first kappa shape index (κ1) is 16.8. The van der Waals surface area contributed by atoms with Crippen molar-refractivity contribution < 1.29 is 4.79 Å². The van der Waals surface area contributed by atoms with Crippen LogP contribution >= 0.6 is 0 Å². The van der Waals surface area contributed by atoms with E-state index in [0.29, 0.717) is 18.7 Å². The summed E-state index contributed by atoms with van der Waals surface area (Å²) < 4.78 is 0. The fourth-order valence-electron chi connectivity index (χ4n) is 2.96. The number of piperazine rings is 1. The summed E-state index contributed by atoms with van der Waals surface area (Å²) in [6.45, 7) is 6.94. The van der Waals surface area contributed by atoms with E-state index in [0.717, 1.165) is 24.5 Å². The first-order valence-electron chi connectivity index (χ1n) is 8.45. The second-order valence-electron chi connectivity index (χ2n) is 6.37. The van der Waals surface area contributed by atoms with Crippen LogP contribution in [-0.2, 0) is 0 Å². The monoisotopic (exact) mass is 334 g/mol. The topological polar surface area (TPSA) is 59.4 Å². The Balaban J connectivity index is 1.58. The van der Waals surface area contributed by atoms with Crippen LogP contribution in [0.1, 0.15) is 16.7 Å². The molecular weight excluding hydrogens is 312 g/mol. The Labute approximate surface area is 148 Å². The van der Waals surface area contributed by atoms with Gasteiger partial charge in [0.15, 0.2) is 0 Å². The van der Waals surface area contributed by atoms with Crippen molar-refractivity contribution >= 4 is 17.4 Å². The largest absolute Gasteiger partial charge is 0.368 e. The van der Waals surface area contributed by atoms with Crippen molar-refractivity contribution in [1.29, 1.82) is 5.26 Å². The zero-order chi connectivity index (χ0) is 17.8. The van der Waals surface area contributed by atoms with E-state index in [2.05, 4.69) is 23.2 Å². The Morgan fingerprint density at radius 2 is 1.80 bits per heavy atom. The van der Waals surface area contributed by atoms with Crippen molar-refractivity contribution in [2.24, 2.45) is 0 Å². The summed E-state index contributed by atoms with van der Waals surface area (Å²) in [5.41, 5.74) is 4.91. The Bertz CT molecular complexity index is 817. The maximum absolute atomic E-state index is 12.5. The number of carbonyl (C=O) groups excluding carboxylic acids is 1. The number of hydrogen-bond acceptors (Lipinski definition) is 3.